The average molecular weight is 556 g/mol. The van der Waals surface area contributed by atoms with Crippen LogP contribution in [0.3, 0.4) is 0 Å². The fourth-order valence-electron chi connectivity index (χ4n) is 3.76. The Kier molecular flexibility index (Phi) is 11.0. The molecule has 1 aliphatic rings. The van der Waals surface area contributed by atoms with Crippen LogP contribution < -0.4 is 20.1 Å². The second-order valence-corrected chi connectivity index (χ2v) is 7.67. The minimum absolute atomic E-state index is 0. The first-order chi connectivity index (χ1) is 15.1. The molecule has 0 amide bonds. The summed E-state index contributed by atoms with van der Waals surface area (Å²) in [5, 5.41) is 6.93. The molecule has 2 N–H and O–H groups in total. The summed E-state index contributed by atoms with van der Waals surface area (Å²) in [6, 6.07) is 13.1. The number of nitrogens with zero attached hydrogens (tertiary/aromatic N) is 2. The van der Waals surface area contributed by atoms with Crippen LogP contribution in [0.5, 0.6) is 11.5 Å². The van der Waals surface area contributed by atoms with E-state index in [-0.39, 0.29) is 29.8 Å². The largest absolute Gasteiger partial charge is 0.493 e. The quantitative estimate of drug-likeness (QED) is 0.291. The van der Waals surface area contributed by atoms with Gasteiger partial charge in [-0.15, -0.1) is 24.0 Å². The molecule has 6 nitrogen and oxygen atoms in total. The van der Waals surface area contributed by atoms with Crippen LogP contribution in [0.15, 0.2) is 47.5 Å². The van der Waals surface area contributed by atoms with Crippen LogP contribution in [0.25, 0.3) is 0 Å². The van der Waals surface area contributed by atoms with Crippen molar-refractivity contribution in [2.75, 3.05) is 33.9 Å². The van der Waals surface area contributed by atoms with Crippen LogP contribution in [0.1, 0.15) is 30.9 Å². The van der Waals surface area contributed by atoms with Crippen molar-refractivity contribution >= 4 is 29.9 Å². The standard InChI is InChI=1S/C24H33FN4O2.HI/c1-4-31-23-15-19(7-10-22(23)30-3)16-27-24(26-2)28-21-11-13-29(14-12-21)17-18-5-8-20(25)9-6-18;/h5-10,15,21H,4,11-14,16-17H2,1-3H3,(H2,26,27,28);1H. The third kappa shape index (κ3) is 7.81. The summed E-state index contributed by atoms with van der Waals surface area (Å²) in [4.78, 5) is 6.79. The van der Waals surface area contributed by atoms with E-state index in [1.807, 2.05) is 37.3 Å². The van der Waals surface area contributed by atoms with E-state index in [0.717, 1.165) is 61.1 Å². The molecule has 8 heteroatoms. The third-order valence-corrected chi connectivity index (χ3v) is 5.46. The van der Waals surface area contributed by atoms with Crippen LogP contribution in [0, 0.1) is 5.82 Å². The first-order valence-corrected chi connectivity index (χ1v) is 10.8. The molecule has 0 saturated carbocycles. The Hall–Kier alpha value is -2.07. The van der Waals surface area contributed by atoms with Gasteiger partial charge in [-0.1, -0.05) is 18.2 Å². The Labute approximate surface area is 207 Å². The molecule has 1 heterocycles. The topological polar surface area (TPSA) is 58.1 Å². The highest BCUT2D eigenvalue weighted by atomic mass is 127. The van der Waals surface area contributed by atoms with Gasteiger partial charge < -0.3 is 20.1 Å². The van der Waals surface area contributed by atoms with Crippen LogP contribution >= 0.6 is 24.0 Å². The predicted molar refractivity (Wildman–Crippen MR) is 138 cm³/mol. The van der Waals surface area contributed by atoms with Crippen molar-refractivity contribution in [3.63, 3.8) is 0 Å². The first kappa shape index (κ1) is 26.2. The molecule has 32 heavy (non-hydrogen) atoms. The minimum Gasteiger partial charge on any atom is -0.493 e. The zero-order valence-electron chi connectivity index (χ0n) is 19.1. The Balaban J connectivity index is 0.00000363. The Bertz CT molecular complexity index is 856. The zero-order valence-corrected chi connectivity index (χ0v) is 21.4. The van der Waals surface area contributed by atoms with Gasteiger partial charge in [-0.2, -0.15) is 0 Å². The zero-order chi connectivity index (χ0) is 22.1. The number of guanidine groups is 1. The van der Waals surface area contributed by atoms with Crippen molar-refractivity contribution in [1.29, 1.82) is 0 Å². The SMILES string of the molecule is CCOc1cc(CNC(=NC)NC2CCN(Cc3ccc(F)cc3)CC2)ccc1OC.I. The van der Waals surface area contributed by atoms with Crippen LogP contribution in [-0.2, 0) is 13.1 Å². The maximum Gasteiger partial charge on any atom is 0.191 e. The molecule has 3 rings (SSSR count). The lowest BCUT2D eigenvalue weighted by atomic mass is 10.0. The molecule has 0 aliphatic carbocycles. The van der Waals surface area contributed by atoms with Gasteiger partial charge in [0.05, 0.1) is 13.7 Å². The number of halogens is 2. The molecule has 2 aromatic carbocycles. The number of methoxy groups -OCH3 is 1. The van der Waals surface area contributed by atoms with Crippen molar-refractivity contribution in [3.05, 3.63) is 59.4 Å². The fraction of sp³-hybridized carbons (Fsp3) is 0.458. The summed E-state index contributed by atoms with van der Waals surface area (Å²) in [5.74, 6) is 2.10. The number of ether oxygens (including phenoxy) is 2. The molecule has 1 fully saturated rings. The lowest BCUT2D eigenvalue weighted by Gasteiger charge is -2.33. The fourth-order valence-corrected chi connectivity index (χ4v) is 3.76. The third-order valence-electron chi connectivity index (χ3n) is 5.46. The average Bonchev–Trinajstić information content (AvgIpc) is 2.79. The van der Waals surface area contributed by atoms with Crippen LogP contribution in [0.4, 0.5) is 4.39 Å². The number of aliphatic imine (C=N–C) groups is 1. The first-order valence-electron chi connectivity index (χ1n) is 10.8. The Morgan fingerprint density at radius 2 is 1.78 bits per heavy atom. The van der Waals surface area contributed by atoms with E-state index in [2.05, 4.69) is 20.5 Å². The number of benzene rings is 2. The molecule has 0 spiro atoms. The summed E-state index contributed by atoms with van der Waals surface area (Å²) < 4.78 is 24.1. The van der Waals surface area contributed by atoms with Crippen molar-refractivity contribution < 1.29 is 13.9 Å². The molecule has 2 aromatic rings. The van der Waals surface area contributed by atoms with Gasteiger partial charge in [0.1, 0.15) is 5.82 Å². The minimum atomic E-state index is -0.186. The molecule has 0 radical (unpaired) electrons. The summed E-state index contributed by atoms with van der Waals surface area (Å²) >= 11 is 0. The number of nitrogens with one attached hydrogen (secondary N) is 2. The van der Waals surface area contributed by atoms with E-state index < -0.39 is 0 Å². The van der Waals surface area contributed by atoms with E-state index in [4.69, 9.17) is 9.47 Å². The molecule has 176 valence electrons. The molecule has 0 bridgehead atoms. The Morgan fingerprint density at radius 1 is 1.09 bits per heavy atom. The van der Waals surface area contributed by atoms with Gasteiger partial charge >= 0.3 is 0 Å². The second-order valence-electron chi connectivity index (χ2n) is 7.67. The molecule has 0 aromatic heterocycles. The van der Waals surface area contributed by atoms with E-state index >= 15 is 0 Å². The van der Waals surface area contributed by atoms with Gasteiger partial charge in [0.2, 0.25) is 0 Å². The highest BCUT2D eigenvalue weighted by Gasteiger charge is 2.20. The van der Waals surface area contributed by atoms with Crippen molar-refractivity contribution in [2.45, 2.75) is 38.9 Å². The molecular formula is C24H34FIN4O2. The van der Waals surface area contributed by atoms with Gasteiger partial charge in [0.25, 0.3) is 0 Å². The summed E-state index contributed by atoms with van der Waals surface area (Å²) in [5.41, 5.74) is 2.25. The van der Waals surface area contributed by atoms with Crippen LogP contribution in [-0.4, -0.2) is 50.8 Å². The van der Waals surface area contributed by atoms with Crippen LogP contribution in [0.2, 0.25) is 0 Å². The molecule has 0 unspecified atom stereocenters. The normalized spacial score (nSPS) is 15.1. The summed E-state index contributed by atoms with van der Waals surface area (Å²) in [7, 11) is 3.44. The van der Waals surface area contributed by atoms with Gasteiger partial charge in [0.15, 0.2) is 17.5 Å². The maximum atomic E-state index is 13.1. The molecule has 0 atom stereocenters. The van der Waals surface area contributed by atoms with E-state index in [9.17, 15) is 4.39 Å². The molecule has 1 saturated heterocycles. The van der Waals surface area contributed by atoms with Gasteiger partial charge in [-0.25, -0.2) is 4.39 Å². The van der Waals surface area contributed by atoms with Gasteiger partial charge in [-0.3, -0.25) is 9.89 Å². The van der Waals surface area contributed by atoms with E-state index in [0.29, 0.717) is 19.2 Å². The highest BCUT2D eigenvalue weighted by Crippen LogP contribution is 2.28. The molecular weight excluding hydrogens is 522 g/mol. The van der Waals surface area contributed by atoms with Crippen molar-refractivity contribution in [2.24, 2.45) is 4.99 Å². The highest BCUT2D eigenvalue weighted by molar-refractivity contribution is 14.0. The van der Waals surface area contributed by atoms with E-state index in [1.165, 1.54) is 12.1 Å². The number of likely N-dealkylation sites (tertiary alicyclic amines) is 1. The van der Waals surface area contributed by atoms with Crippen molar-refractivity contribution in [1.82, 2.24) is 15.5 Å². The monoisotopic (exact) mass is 556 g/mol. The maximum absolute atomic E-state index is 13.1. The summed E-state index contributed by atoms with van der Waals surface area (Å²) in [6.07, 6.45) is 2.08. The lowest BCUT2D eigenvalue weighted by molar-refractivity contribution is 0.198. The summed E-state index contributed by atoms with van der Waals surface area (Å²) in [6.45, 7) is 6.06. The number of hydrogen-bond donors (Lipinski definition) is 2. The Morgan fingerprint density at radius 3 is 2.41 bits per heavy atom. The van der Waals surface area contributed by atoms with Gasteiger partial charge in [-0.05, 0) is 55.2 Å². The number of rotatable bonds is 8. The van der Waals surface area contributed by atoms with Crippen molar-refractivity contribution in [3.8, 4) is 11.5 Å². The number of piperidine rings is 1. The van der Waals surface area contributed by atoms with E-state index in [1.54, 1.807) is 14.2 Å². The van der Waals surface area contributed by atoms with Gasteiger partial charge in [0, 0.05) is 39.3 Å². The predicted octanol–water partition coefficient (Wildman–Crippen LogP) is 4.18. The number of hydrogen-bond acceptors (Lipinski definition) is 4. The lowest BCUT2D eigenvalue weighted by Crippen LogP contribution is -2.48. The molecule has 1 aliphatic heterocycles. The smallest absolute Gasteiger partial charge is 0.191 e. The second kappa shape index (κ2) is 13.5.